The van der Waals surface area contributed by atoms with Gasteiger partial charge in [0.1, 0.15) is 17.1 Å². The molecule has 1 rings (SSSR count). The quantitative estimate of drug-likeness (QED) is 0.191. The van der Waals surface area contributed by atoms with Gasteiger partial charge in [0.15, 0.2) is 19.4 Å². The fraction of sp³-hybridized carbons (Fsp3) is 0.680. The van der Waals surface area contributed by atoms with E-state index in [-0.39, 0.29) is 42.1 Å². The molecule has 6 nitrogen and oxygen atoms in total. The molecule has 0 bridgehead atoms. The van der Waals surface area contributed by atoms with Crippen molar-refractivity contribution in [3.63, 3.8) is 0 Å². The lowest BCUT2D eigenvalue weighted by atomic mass is 9.80. The Morgan fingerprint density at radius 1 is 1.00 bits per heavy atom. The number of benzene rings is 1. The van der Waals surface area contributed by atoms with Gasteiger partial charge < -0.3 is 14.2 Å². The molecule has 7 heteroatoms. The minimum absolute atomic E-state index is 0.0301. The molecule has 0 N–H and O–H groups in total. The van der Waals surface area contributed by atoms with Crippen LogP contribution in [0.5, 0.6) is 11.5 Å². The number of carbonyl (C=O) groups is 2. The van der Waals surface area contributed by atoms with Gasteiger partial charge in [0.2, 0.25) is 0 Å². The zero-order valence-electron chi connectivity index (χ0n) is 20.8. The average Bonchev–Trinajstić information content (AvgIpc) is 2.70. The summed E-state index contributed by atoms with van der Waals surface area (Å²) in [6.45, 7) is 12.7. The third-order valence-electron chi connectivity index (χ3n) is 5.29. The highest BCUT2D eigenvalue weighted by Gasteiger charge is 2.45. The maximum atomic E-state index is 13.4. The molecule has 0 fully saturated rings. The van der Waals surface area contributed by atoms with E-state index in [9.17, 15) is 14.2 Å². The number of carbonyl (C=O) groups excluding carboxylic acids is 2. The summed E-state index contributed by atoms with van der Waals surface area (Å²) in [4.78, 5) is 26.6. The Labute approximate surface area is 194 Å². The van der Waals surface area contributed by atoms with E-state index in [1.54, 1.807) is 18.2 Å². The highest BCUT2D eigenvalue weighted by atomic mass is 31.1. The molecule has 0 aliphatic heterocycles. The molecule has 2 unspecified atom stereocenters. The van der Waals surface area contributed by atoms with Crippen molar-refractivity contribution in [1.82, 2.24) is 0 Å². The lowest BCUT2D eigenvalue weighted by molar-refractivity contribution is -0.147. The molecule has 2 atom stereocenters. The number of Topliss-reactive ketones (excluding diaryl/α,β-unsaturated/α-hetero) is 1. The van der Waals surface area contributed by atoms with Crippen molar-refractivity contribution in [1.29, 1.82) is 0 Å². The van der Waals surface area contributed by atoms with Crippen molar-refractivity contribution in [3.05, 3.63) is 23.8 Å². The van der Waals surface area contributed by atoms with Crippen LogP contribution in [0.15, 0.2) is 18.2 Å². The Kier molecular flexibility index (Phi) is 10.8. The monoisotopic (exact) mass is 466 g/mol. The number of rotatable bonds is 13. The summed E-state index contributed by atoms with van der Waals surface area (Å²) >= 11 is 0. The molecule has 1 aromatic carbocycles. The van der Waals surface area contributed by atoms with Gasteiger partial charge in [0.25, 0.3) is 0 Å². The largest absolute Gasteiger partial charge is 0.496 e. The van der Waals surface area contributed by atoms with E-state index < -0.39 is 19.6 Å². The summed E-state index contributed by atoms with van der Waals surface area (Å²) in [5.74, 6) is 0.149. The second-order valence-electron chi connectivity index (χ2n) is 10.2. The van der Waals surface area contributed by atoms with Gasteiger partial charge in [-0.1, -0.05) is 47.6 Å². The average molecular weight is 467 g/mol. The van der Waals surface area contributed by atoms with E-state index in [1.165, 1.54) is 14.2 Å². The number of esters is 1. The predicted molar refractivity (Wildman–Crippen MR) is 127 cm³/mol. The Bertz CT molecular complexity index is 761. The molecule has 0 aliphatic rings. The topological polar surface area (TPSA) is 78.9 Å². The maximum Gasteiger partial charge on any atom is 0.324 e. The van der Waals surface area contributed by atoms with Gasteiger partial charge in [-0.25, -0.2) is 0 Å². The predicted octanol–water partition coefficient (Wildman–Crippen LogP) is 6.36. The third kappa shape index (κ3) is 8.20. The van der Waals surface area contributed by atoms with Crippen LogP contribution < -0.4 is 9.47 Å². The number of methoxy groups -OCH3 is 2. The number of hydrogen-bond donors (Lipinski definition) is 0. The van der Waals surface area contributed by atoms with Crippen LogP contribution in [0.25, 0.3) is 0 Å². The maximum absolute atomic E-state index is 13.4. The SMILES string of the molecule is COc1cccc(OC)c1C(=O)CC(CC(C)CC(C)(C)C)(P=O)C(=O)OCCC(C)C. The van der Waals surface area contributed by atoms with Crippen LogP contribution in [0.4, 0.5) is 0 Å². The molecule has 0 spiro atoms. The van der Waals surface area contributed by atoms with E-state index in [4.69, 9.17) is 14.2 Å². The Balaban J connectivity index is 3.31. The lowest BCUT2D eigenvalue weighted by Crippen LogP contribution is -2.39. The lowest BCUT2D eigenvalue weighted by Gasteiger charge is -2.30. The zero-order valence-corrected chi connectivity index (χ0v) is 21.7. The van der Waals surface area contributed by atoms with Crippen LogP contribution in [0.3, 0.4) is 0 Å². The first-order valence-corrected chi connectivity index (χ1v) is 12.0. The summed E-state index contributed by atoms with van der Waals surface area (Å²) in [6.07, 6.45) is 1.53. The molecular formula is C25H39O6P. The van der Waals surface area contributed by atoms with Crippen LogP contribution in [0, 0.1) is 17.3 Å². The first kappa shape index (κ1) is 28.1. The highest BCUT2D eigenvalue weighted by molar-refractivity contribution is 7.28. The Morgan fingerprint density at radius 2 is 1.56 bits per heavy atom. The van der Waals surface area contributed by atoms with Gasteiger partial charge in [0, 0.05) is 6.42 Å². The standard InChI is InChI=1S/C25H39O6P/c1-17(2)12-13-31-23(27)25(32-28,15-18(3)14-24(4,5)6)16-19(26)22-20(29-7)10-9-11-21(22)30-8/h9-11,17-18H,12-16H2,1-8H3. The molecule has 0 radical (unpaired) electrons. The molecule has 180 valence electrons. The van der Waals surface area contributed by atoms with E-state index in [0.717, 1.165) is 6.42 Å². The van der Waals surface area contributed by atoms with Crippen LogP contribution in [-0.2, 0) is 14.1 Å². The zero-order chi connectivity index (χ0) is 24.5. The van der Waals surface area contributed by atoms with Crippen molar-refractivity contribution >= 4 is 20.2 Å². The van der Waals surface area contributed by atoms with Crippen molar-refractivity contribution < 1.29 is 28.4 Å². The molecule has 0 aliphatic carbocycles. The van der Waals surface area contributed by atoms with Crippen molar-refractivity contribution in [2.75, 3.05) is 20.8 Å². The minimum atomic E-state index is -1.47. The molecule has 0 amide bonds. The van der Waals surface area contributed by atoms with E-state index in [1.807, 2.05) is 20.8 Å². The van der Waals surface area contributed by atoms with E-state index >= 15 is 0 Å². The first-order valence-electron chi connectivity index (χ1n) is 11.1. The van der Waals surface area contributed by atoms with E-state index in [0.29, 0.717) is 23.8 Å². The first-order chi connectivity index (χ1) is 14.9. The number of hydrogen-bond acceptors (Lipinski definition) is 6. The van der Waals surface area contributed by atoms with Gasteiger partial charge in [0.05, 0.1) is 20.8 Å². The fourth-order valence-electron chi connectivity index (χ4n) is 4.03. The van der Waals surface area contributed by atoms with Crippen molar-refractivity contribution in [2.24, 2.45) is 17.3 Å². The molecule has 0 saturated carbocycles. The van der Waals surface area contributed by atoms with E-state index in [2.05, 4.69) is 20.8 Å². The van der Waals surface area contributed by atoms with Crippen LogP contribution in [-0.4, -0.2) is 37.7 Å². The summed E-state index contributed by atoms with van der Waals surface area (Å²) in [5, 5.41) is -1.47. The minimum Gasteiger partial charge on any atom is -0.496 e. The van der Waals surface area contributed by atoms with Crippen LogP contribution in [0.1, 0.15) is 77.6 Å². The fourth-order valence-corrected chi connectivity index (χ4v) is 4.76. The highest BCUT2D eigenvalue weighted by Crippen LogP contribution is 2.41. The van der Waals surface area contributed by atoms with Gasteiger partial charge in [-0.15, -0.1) is 0 Å². The Hall–Kier alpha value is -1.94. The second-order valence-corrected chi connectivity index (χ2v) is 11.2. The Morgan fingerprint density at radius 3 is 2.00 bits per heavy atom. The molecule has 0 saturated heterocycles. The number of ketones is 1. The summed E-state index contributed by atoms with van der Waals surface area (Å²) in [7, 11) is 2.51. The molecule has 0 aromatic heterocycles. The van der Waals surface area contributed by atoms with Crippen LogP contribution >= 0.6 is 8.46 Å². The summed E-state index contributed by atoms with van der Waals surface area (Å²) in [5.41, 5.74) is 0.270. The third-order valence-corrected chi connectivity index (χ3v) is 6.16. The molecular weight excluding hydrogens is 427 g/mol. The second kappa shape index (κ2) is 12.3. The molecule has 1 aromatic rings. The van der Waals surface area contributed by atoms with Gasteiger partial charge in [-0.3, -0.25) is 14.2 Å². The van der Waals surface area contributed by atoms with Gasteiger partial charge in [-0.05, 0) is 48.6 Å². The molecule has 0 heterocycles. The number of ether oxygens (including phenoxy) is 3. The molecule has 32 heavy (non-hydrogen) atoms. The van der Waals surface area contributed by atoms with Gasteiger partial charge >= 0.3 is 5.97 Å². The van der Waals surface area contributed by atoms with Crippen molar-refractivity contribution in [2.45, 2.75) is 72.4 Å². The smallest absolute Gasteiger partial charge is 0.324 e. The summed E-state index contributed by atoms with van der Waals surface area (Å²) < 4.78 is 28.8. The van der Waals surface area contributed by atoms with Gasteiger partial charge in [-0.2, -0.15) is 0 Å². The normalized spacial score (nSPS) is 14.7. The van der Waals surface area contributed by atoms with Crippen LogP contribution in [0.2, 0.25) is 0 Å². The summed E-state index contributed by atoms with van der Waals surface area (Å²) in [6, 6.07) is 5.05. The van der Waals surface area contributed by atoms with Crippen molar-refractivity contribution in [3.8, 4) is 11.5 Å².